The Morgan fingerprint density at radius 1 is 0.914 bits per heavy atom. The Kier molecular flexibility index (Phi) is 9.50. The number of aliphatic hydroxyl groups excluding tert-OH is 1. The molecule has 0 radical (unpaired) electrons. The summed E-state index contributed by atoms with van der Waals surface area (Å²) in [5, 5.41) is 15.6. The molecule has 0 bridgehead atoms. The van der Waals surface area contributed by atoms with Gasteiger partial charge >= 0.3 is 0 Å². The summed E-state index contributed by atoms with van der Waals surface area (Å²) in [5.74, 6) is 2.18. The molecule has 0 aliphatic heterocycles. The number of hydrogen-bond donors (Lipinski definition) is 3. The van der Waals surface area contributed by atoms with Gasteiger partial charge in [0.1, 0.15) is 25.1 Å². The molecule has 3 N–H and O–H groups in total. The van der Waals surface area contributed by atoms with Crippen LogP contribution in [0.5, 0.6) is 17.2 Å². The number of nitrogens with one attached hydrogen (secondary N) is 2. The lowest BCUT2D eigenvalue weighted by Crippen LogP contribution is -2.33. The zero-order valence-electron chi connectivity index (χ0n) is 19.0. The van der Waals surface area contributed by atoms with E-state index in [-0.39, 0.29) is 6.61 Å². The fourth-order valence-corrected chi connectivity index (χ4v) is 3.47. The maximum atomic E-state index is 10.3. The van der Waals surface area contributed by atoms with Crippen molar-refractivity contribution in [1.29, 1.82) is 0 Å². The monoisotopic (exact) mass is 501 g/mol. The minimum atomic E-state index is -5.39. The van der Waals surface area contributed by atoms with Crippen molar-refractivity contribution in [2.24, 2.45) is 0 Å². The molecule has 0 saturated carbocycles. The van der Waals surface area contributed by atoms with Crippen LogP contribution in [0.4, 0.5) is 0 Å². The van der Waals surface area contributed by atoms with E-state index in [4.69, 9.17) is 33.5 Å². The van der Waals surface area contributed by atoms with E-state index in [1.807, 2.05) is 60.7 Å². The second kappa shape index (κ2) is 12.6. The fraction of sp³-hybridized carbons (Fsp3) is 0.250. The molecule has 0 aliphatic rings. The summed E-state index contributed by atoms with van der Waals surface area (Å²) in [5.41, 5.74) is 2.09. The second-order valence-electron chi connectivity index (χ2n) is 7.46. The molecule has 0 spiro atoms. The van der Waals surface area contributed by atoms with Gasteiger partial charge in [-0.1, -0.05) is 36.4 Å². The third-order valence-electron chi connectivity index (χ3n) is 4.91. The van der Waals surface area contributed by atoms with Gasteiger partial charge in [-0.2, -0.15) is 7.82 Å². The van der Waals surface area contributed by atoms with Gasteiger partial charge in [0.05, 0.1) is 12.6 Å². The first-order chi connectivity index (χ1) is 16.8. The van der Waals surface area contributed by atoms with Crippen LogP contribution in [0.3, 0.4) is 0 Å². The molecular formula is C24H26N2O8P-3. The van der Waals surface area contributed by atoms with Gasteiger partial charge < -0.3 is 48.9 Å². The van der Waals surface area contributed by atoms with E-state index in [9.17, 15) is 5.11 Å². The molecule has 0 aliphatic carbocycles. The van der Waals surface area contributed by atoms with E-state index in [0.29, 0.717) is 31.2 Å². The molecule has 188 valence electrons. The molecule has 35 heavy (non-hydrogen) atoms. The summed E-state index contributed by atoms with van der Waals surface area (Å²) >= 11 is 0. The molecule has 4 aromatic rings. The minimum absolute atomic E-state index is 0.207. The van der Waals surface area contributed by atoms with E-state index in [1.165, 1.54) is 0 Å². The van der Waals surface area contributed by atoms with Crippen LogP contribution in [0.1, 0.15) is 0 Å². The van der Waals surface area contributed by atoms with Gasteiger partial charge in [-0.3, -0.25) is 0 Å². The molecule has 1 heterocycles. The molecule has 3 aromatic carbocycles. The Bertz CT molecular complexity index is 1260. The third-order valence-corrected chi connectivity index (χ3v) is 4.91. The predicted octanol–water partition coefficient (Wildman–Crippen LogP) is 0.913. The molecule has 1 unspecified atom stereocenters. The fourth-order valence-electron chi connectivity index (χ4n) is 3.47. The average molecular weight is 501 g/mol. The molecule has 11 heteroatoms. The lowest BCUT2D eigenvalue weighted by Gasteiger charge is -2.36. The van der Waals surface area contributed by atoms with Crippen LogP contribution in [-0.2, 0) is 4.57 Å². The van der Waals surface area contributed by atoms with Crippen LogP contribution in [-0.4, -0.2) is 49.6 Å². The van der Waals surface area contributed by atoms with Crippen molar-refractivity contribution >= 4 is 29.6 Å². The molecule has 1 atom stereocenters. The Labute approximate surface area is 202 Å². The number of rotatable bonds is 10. The van der Waals surface area contributed by atoms with Gasteiger partial charge in [0, 0.05) is 29.4 Å². The number of phosphoric acid groups is 1. The number of fused-ring (bicyclic) bond motifs is 3. The van der Waals surface area contributed by atoms with Crippen molar-refractivity contribution in [2.75, 3.05) is 33.4 Å². The molecule has 0 amide bonds. The average Bonchev–Trinajstić information content (AvgIpc) is 3.21. The minimum Gasteiger partial charge on any atom is -0.822 e. The van der Waals surface area contributed by atoms with Gasteiger partial charge in [0.15, 0.2) is 11.5 Å². The van der Waals surface area contributed by atoms with E-state index in [1.54, 1.807) is 7.11 Å². The molecule has 1 aromatic heterocycles. The summed E-state index contributed by atoms with van der Waals surface area (Å²) in [7, 11) is -3.77. The number of H-pyrrole nitrogens is 1. The summed E-state index contributed by atoms with van der Waals surface area (Å²) in [6.45, 7) is 1.70. The maximum Gasteiger partial charge on any atom is 0.161 e. The standard InChI is InChI=1S/C24H26N2O4.H3O4P/c1-28-21-10-4-5-11-22(21)29-14-13-25-15-17(27)16-30-23-12-6-9-20-24(23)18-7-2-3-8-19(18)26-20;1-5(2,3)4/h2-12,17,25-27H,13-16H2,1H3;(H3,1,2,3,4)/p-3. The summed E-state index contributed by atoms with van der Waals surface area (Å²) in [6, 6.07) is 21.6. The largest absolute Gasteiger partial charge is 0.822 e. The highest BCUT2D eigenvalue weighted by atomic mass is 31.2. The number of aliphatic hydroxyl groups is 1. The highest BCUT2D eigenvalue weighted by molar-refractivity contribution is 7.40. The van der Waals surface area contributed by atoms with Gasteiger partial charge in [-0.25, -0.2) is 0 Å². The van der Waals surface area contributed by atoms with Crippen molar-refractivity contribution < 1.29 is 38.6 Å². The summed E-state index contributed by atoms with van der Waals surface area (Å²) in [6.07, 6.45) is -0.628. The lowest BCUT2D eigenvalue weighted by atomic mass is 10.1. The number of aromatic amines is 1. The van der Waals surface area contributed by atoms with E-state index >= 15 is 0 Å². The van der Waals surface area contributed by atoms with Crippen LogP contribution in [0.2, 0.25) is 0 Å². The number of aromatic nitrogens is 1. The number of hydrogen-bond acceptors (Lipinski definition) is 9. The topological polar surface area (TPSA) is 162 Å². The van der Waals surface area contributed by atoms with Gasteiger partial charge in [0.25, 0.3) is 0 Å². The molecule has 10 nitrogen and oxygen atoms in total. The van der Waals surface area contributed by atoms with Gasteiger partial charge in [-0.05, 0) is 30.3 Å². The van der Waals surface area contributed by atoms with Crippen LogP contribution >= 0.6 is 7.82 Å². The van der Waals surface area contributed by atoms with E-state index < -0.39 is 13.9 Å². The van der Waals surface area contributed by atoms with E-state index in [0.717, 1.165) is 27.6 Å². The zero-order valence-corrected chi connectivity index (χ0v) is 19.9. The highest BCUT2D eigenvalue weighted by Gasteiger charge is 2.11. The number of para-hydroxylation sites is 3. The molecular weight excluding hydrogens is 475 g/mol. The highest BCUT2D eigenvalue weighted by Crippen LogP contribution is 2.33. The maximum absolute atomic E-state index is 10.3. The van der Waals surface area contributed by atoms with Gasteiger partial charge in [0.2, 0.25) is 0 Å². The summed E-state index contributed by atoms with van der Waals surface area (Å²) in [4.78, 5) is 29.0. The Morgan fingerprint density at radius 3 is 2.29 bits per heavy atom. The van der Waals surface area contributed by atoms with Crippen LogP contribution in [0.15, 0.2) is 66.7 Å². The quantitative estimate of drug-likeness (QED) is 0.212. The normalized spacial score (nSPS) is 12.1. The van der Waals surface area contributed by atoms with Gasteiger partial charge in [-0.15, -0.1) is 0 Å². The SMILES string of the molecule is COc1ccccc1OCCNCC(O)COc1cccc2[nH]c3ccccc3c12.O=P([O-])([O-])[O-]. The smallest absolute Gasteiger partial charge is 0.161 e. The van der Waals surface area contributed by atoms with Crippen molar-refractivity contribution in [2.45, 2.75) is 6.10 Å². The Hall–Kier alpha value is -3.11. The Balaban J connectivity index is 0.000000623. The van der Waals surface area contributed by atoms with Crippen molar-refractivity contribution in [3.63, 3.8) is 0 Å². The van der Waals surface area contributed by atoms with Crippen LogP contribution < -0.4 is 34.2 Å². The lowest BCUT2D eigenvalue weighted by molar-refractivity contribution is -0.432. The Morgan fingerprint density at radius 2 is 1.54 bits per heavy atom. The number of methoxy groups -OCH3 is 1. The van der Waals surface area contributed by atoms with Crippen molar-refractivity contribution in [3.8, 4) is 17.2 Å². The zero-order chi connectivity index (χ0) is 25.3. The molecule has 0 saturated heterocycles. The molecule has 0 fully saturated rings. The molecule has 4 rings (SSSR count). The predicted molar refractivity (Wildman–Crippen MR) is 126 cm³/mol. The second-order valence-corrected chi connectivity index (χ2v) is 8.36. The van der Waals surface area contributed by atoms with Crippen molar-refractivity contribution in [1.82, 2.24) is 10.3 Å². The summed E-state index contributed by atoms with van der Waals surface area (Å²) < 4.78 is 25.5. The van der Waals surface area contributed by atoms with E-state index in [2.05, 4.69) is 16.4 Å². The number of ether oxygens (including phenoxy) is 3. The van der Waals surface area contributed by atoms with Crippen LogP contribution in [0, 0.1) is 0 Å². The first-order valence-electron chi connectivity index (χ1n) is 10.8. The first-order valence-corrected chi connectivity index (χ1v) is 12.2. The van der Waals surface area contributed by atoms with Crippen LogP contribution in [0.25, 0.3) is 21.8 Å². The first kappa shape index (κ1) is 26.5. The third kappa shape index (κ3) is 8.25. The number of benzene rings is 3. The van der Waals surface area contributed by atoms with Crippen molar-refractivity contribution in [3.05, 3.63) is 66.7 Å².